The molecular weight excluding hydrogens is 353 g/mol. The summed E-state index contributed by atoms with van der Waals surface area (Å²) < 4.78 is 20.4. The summed E-state index contributed by atoms with van der Waals surface area (Å²) in [6.45, 7) is 0. The van der Waals surface area contributed by atoms with Gasteiger partial charge in [-0.3, -0.25) is 4.79 Å². The van der Waals surface area contributed by atoms with Crippen LogP contribution in [-0.4, -0.2) is 41.2 Å². The van der Waals surface area contributed by atoms with E-state index in [0.717, 1.165) is 5.56 Å². The standard InChI is InChI=1S/C20H20FNO5/c1-27-20(21)11-13(12-5-3-2-4-6-12)7-10-16(20)22-18(24)17-14(19(25)26)8-9-15(17)23/h2-7,10,15,23H,8-9,11H2,1H3,(H,22,24)(H,25,26). The largest absolute Gasteiger partial charge is 0.478 e. The molecule has 2 aliphatic rings. The number of hydrogen-bond donors (Lipinski definition) is 3. The molecule has 1 amide bonds. The molecule has 0 fully saturated rings. The van der Waals surface area contributed by atoms with Crippen LogP contribution in [0.5, 0.6) is 0 Å². The minimum atomic E-state index is -2.27. The van der Waals surface area contributed by atoms with Gasteiger partial charge in [-0.25, -0.2) is 9.18 Å². The number of halogens is 1. The third-order valence-electron chi connectivity index (χ3n) is 4.82. The number of hydrogen-bond acceptors (Lipinski definition) is 4. The highest BCUT2D eigenvalue weighted by Gasteiger charge is 2.40. The van der Waals surface area contributed by atoms with Crippen LogP contribution in [0.2, 0.25) is 0 Å². The van der Waals surface area contributed by atoms with Crippen molar-refractivity contribution in [2.24, 2.45) is 0 Å². The Kier molecular flexibility index (Phi) is 5.25. The lowest BCUT2D eigenvalue weighted by Crippen LogP contribution is -2.41. The molecular formula is C20H20FNO5. The molecule has 6 nitrogen and oxygen atoms in total. The second-order valence-electron chi connectivity index (χ2n) is 6.45. The van der Waals surface area contributed by atoms with Crippen molar-refractivity contribution in [2.75, 3.05) is 7.11 Å². The predicted octanol–water partition coefficient (Wildman–Crippen LogP) is 2.32. The number of carbonyl (C=O) groups is 2. The fraction of sp³-hybridized carbons (Fsp3) is 0.300. The Bertz CT molecular complexity index is 858. The van der Waals surface area contributed by atoms with Gasteiger partial charge < -0.3 is 20.3 Å². The number of allylic oxidation sites excluding steroid dienone is 2. The first-order valence-electron chi connectivity index (χ1n) is 8.52. The first kappa shape index (κ1) is 19.0. The third-order valence-corrected chi connectivity index (χ3v) is 4.82. The molecule has 1 aromatic rings. The van der Waals surface area contributed by atoms with Gasteiger partial charge in [-0.1, -0.05) is 36.4 Å². The summed E-state index contributed by atoms with van der Waals surface area (Å²) in [6.07, 6.45) is 2.00. The van der Waals surface area contributed by atoms with E-state index in [9.17, 15) is 19.8 Å². The van der Waals surface area contributed by atoms with Crippen molar-refractivity contribution in [3.63, 3.8) is 0 Å². The number of nitrogens with one attached hydrogen (secondary N) is 1. The summed E-state index contributed by atoms with van der Waals surface area (Å²) in [4.78, 5) is 23.8. The molecule has 3 rings (SSSR count). The van der Waals surface area contributed by atoms with Crippen LogP contribution in [0.4, 0.5) is 4.39 Å². The van der Waals surface area contributed by atoms with Gasteiger partial charge in [0.15, 0.2) is 0 Å². The molecule has 0 aliphatic heterocycles. The number of amides is 1. The SMILES string of the molecule is COC1(F)CC(c2ccccc2)=CC=C1NC(=O)C1=C(C(=O)O)CCC1O. The van der Waals surface area contributed by atoms with Crippen molar-refractivity contribution < 1.29 is 28.9 Å². The highest BCUT2D eigenvalue weighted by molar-refractivity contribution is 6.04. The summed E-state index contributed by atoms with van der Waals surface area (Å²) >= 11 is 0. The number of alkyl halides is 1. The van der Waals surface area contributed by atoms with Crippen LogP contribution in [0.15, 0.2) is 59.3 Å². The van der Waals surface area contributed by atoms with E-state index in [2.05, 4.69) is 5.32 Å². The van der Waals surface area contributed by atoms with E-state index in [4.69, 9.17) is 4.74 Å². The maximum absolute atomic E-state index is 15.4. The number of carboxylic acids is 1. The number of aliphatic hydroxyl groups excluding tert-OH is 1. The highest BCUT2D eigenvalue weighted by Crippen LogP contribution is 2.37. The molecule has 27 heavy (non-hydrogen) atoms. The van der Waals surface area contributed by atoms with Crippen molar-refractivity contribution >= 4 is 17.4 Å². The molecule has 0 saturated heterocycles. The van der Waals surface area contributed by atoms with E-state index in [1.54, 1.807) is 6.08 Å². The van der Waals surface area contributed by atoms with Crippen LogP contribution in [0.3, 0.4) is 0 Å². The molecule has 3 N–H and O–H groups in total. The van der Waals surface area contributed by atoms with E-state index in [0.29, 0.717) is 5.57 Å². The lowest BCUT2D eigenvalue weighted by Gasteiger charge is -2.31. The van der Waals surface area contributed by atoms with E-state index in [1.165, 1.54) is 13.2 Å². The van der Waals surface area contributed by atoms with Gasteiger partial charge in [0, 0.05) is 19.1 Å². The predicted molar refractivity (Wildman–Crippen MR) is 96.0 cm³/mol. The average molecular weight is 373 g/mol. The fourth-order valence-electron chi connectivity index (χ4n) is 3.34. The molecule has 2 aliphatic carbocycles. The Morgan fingerprint density at radius 1 is 1.26 bits per heavy atom. The van der Waals surface area contributed by atoms with Crippen LogP contribution in [-0.2, 0) is 14.3 Å². The number of benzene rings is 1. The second kappa shape index (κ2) is 7.46. The Hall–Kier alpha value is -2.77. The Morgan fingerprint density at radius 3 is 2.59 bits per heavy atom. The maximum Gasteiger partial charge on any atom is 0.332 e. The fourth-order valence-corrected chi connectivity index (χ4v) is 3.34. The summed E-state index contributed by atoms with van der Waals surface area (Å²) in [6, 6.07) is 9.22. The minimum absolute atomic E-state index is 0.0847. The zero-order valence-electron chi connectivity index (χ0n) is 14.7. The highest BCUT2D eigenvalue weighted by atomic mass is 19.2. The van der Waals surface area contributed by atoms with Crippen molar-refractivity contribution in [3.05, 3.63) is 64.9 Å². The number of ether oxygens (including phenoxy) is 1. The average Bonchev–Trinajstić information content (AvgIpc) is 3.06. The molecule has 0 aromatic heterocycles. The zero-order valence-corrected chi connectivity index (χ0v) is 14.7. The smallest absolute Gasteiger partial charge is 0.332 e. The lowest BCUT2D eigenvalue weighted by molar-refractivity contribution is -0.133. The number of aliphatic carboxylic acids is 1. The third kappa shape index (κ3) is 3.70. The first-order chi connectivity index (χ1) is 12.9. The minimum Gasteiger partial charge on any atom is -0.478 e. The van der Waals surface area contributed by atoms with Crippen LogP contribution in [0.25, 0.3) is 5.57 Å². The van der Waals surface area contributed by atoms with Crippen LogP contribution >= 0.6 is 0 Å². The van der Waals surface area contributed by atoms with Crippen LogP contribution in [0.1, 0.15) is 24.8 Å². The summed E-state index contributed by atoms with van der Waals surface area (Å²) in [5.41, 5.74) is 1.01. The lowest BCUT2D eigenvalue weighted by atomic mass is 9.92. The van der Waals surface area contributed by atoms with Crippen LogP contribution in [0, 0.1) is 0 Å². The van der Waals surface area contributed by atoms with E-state index in [1.807, 2.05) is 30.3 Å². The van der Waals surface area contributed by atoms with Gasteiger partial charge in [-0.15, -0.1) is 0 Å². The molecule has 142 valence electrons. The van der Waals surface area contributed by atoms with Gasteiger partial charge in [-0.05, 0) is 30.1 Å². The van der Waals surface area contributed by atoms with Gasteiger partial charge in [0.25, 0.3) is 11.8 Å². The molecule has 1 aromatic carbocycles. The summed E-state index contributed by atoms with van der Waals surface area (Å²) in [5.74, 6) is -4.37. The van der Waals surface area contributed by atoms with Crippen molar-refractivity contribution in [1.82, 2.24) is 5.32 Å². The van der Waals surface area contributed by atoms with Crippen LogP contribution < -0.4 is 5.32 Å². The topological polar surface area (TPSA) is 95.9 Å². The summed E-state index contributed by atoms with van der Waals surface area (Å²) in [7, 11) is 1.19. The van der Waals surface area contributed by atoms with Crippen molar-refractivity contribution in [2.45, 2.75) is 31.2 Å². The summed E-state index contributed by atoms with van der Waals surface area (Å²) in [5, 5.41) is 21.5. The monoisotopic (exact) mass is 373 g/mol. The maximum atomic E-state index is 15.4. The van der Waals surface area contributed by atoms with Gasteiger partial charge in [0.2, 0.25) is 0 Å². The number of rotatable bonds is 5. The molecule has 2 atom stereocenters. The Balaban J connectivity index is 1.90. The van der Waals surface area contributed by atoms with Gasteiger partial charge >= 0.3 is 5.97 Å². The van der Waals surface area contributed by atoms with E-state index >= 15 is 4.39 Å². The molecule has 0 saturated carbocycles. The van der Waals surface area contributed by atoms with Gasteiger partial charge in [0.1, 0.15) is 0 Å². The quantitative estimate of drug-likeness (QED) is 0.736. The first-order valence-corrected chi connectivity index (χ1v) is 8.52. The second-order valence-corrected chi connectivity index (χ2v) is 6.45. The molecule has 0 radical (unpaired) electrons. The van der Waals surface area contributed by atoms with Crippen molar-refractivity contribution in [1.29, 1.82) is 0 Å². The normalized spacial score (nSPS) is 25.1. The number of aliphatic hydroxyl groups is 1. The molecule has 0 bridgehead atoms. The number of carboxylic acid groups (broad SMARTS) is 1. The van der Waals surface area contributed by atoms with Gasteiger partial charge in [0.05, 0.1) is 17.4 Å². The molecule has 7 heteroatoms. The zero-order chi connectivity index (χ0) is 19.6. The van der Waals surface area contributed by atoms with Crippen molar-refractivity contribution in [3.8, 4) is 0 Å². The number of methoxy groups -OCH3 is 1. The van der Waals surface area contributed by atoms with Gasteiger partial charge in [-0.2, -0.15) is 0 Å². The van der Waals surface area contributed by atoms with E-state index in [-0.39, 0.29) is 36.1 Å². The Labute approximate surface area is 155 Å². The molecule has 0 heterocycles. The Morgan fingerprint density at radius 2 is 1.96 bits per heavy atom. The molecule has 0 spiro atoms. The molecule has 2 unspecified atom stereocenters. The number of carbonyl (C=O) groups excluding carboxylic acids is 1. The van der Waals surface area contributed by atoms with E-state index < -0.39 is 23.8 Å².